The second-order valence-electron chi connectivity index (χ2n) is 7.18. The predicted octanol–water partition coefficient (Wildman–Crippen LogP) is 3.49. The van der Waals surface area contributed by atoms with Crippen LogP contribution in [0.1, 0.15) is 17.5 Å². The number of rotatable bonds is 4. The molecule has 158 valence electrons. The number of amides is 1. The lowest BCUT2D eigenvalue weighted by molar-refractivity contribution is -0.137. The Labute approximate surface area is 171 Å². The molecule has 9 heteroatoms. The molecule has 0 unspecified atom stereocenters. The summed E-state index contributed by atoms with van der Waals surface area (Å²) in [7, 11) is 0. The molecule has 6 nitrogen and oxygen atoms in total. The van der Waals surface area contributed by atoms with Crippen LogP contribution in [0.25, 0.3) is 0 Å². The van der Waals surface area contributed by atoms with Crippen LogP contribution in [0, 0.1) is 0 Å². The highest BCUT2D eigenvalue weighted by Gasteiger charge is 2.30. The van der Waals surface area contributed by atoms with E-state index in [0.29, 0.717) is 47.0 Å². The SMILES string of the molecule is NC1=C(C(=O)Nc2ccc3c(c2)OCO3)CN(Cc2cccc(C(F)(F)F)c2)CC1. The number of carbonyl (C=O) groups excluding carboxylic acids is 1. The van der Waals surface area contributed by atoms with Crippen molar-refractivity contribution in [1.29, 1.82) is 0 Å². The van der Waals surface area contributed by atoms with Crippen LogP contribution in [0.3, 0.4) is 0 Å². The van der Waals surface area contributed by atoms with E-state index in [1.807, 2.05) is 4.90 Å². The van der Waals surface area contributed by atoms with Crippen molar-refractivity contribution in [3.8, 4) is 11.5 Å². The molecule has 0 bridgehead atoms. The van der Waals surface area contributed by atoms with Gasteiger partial charge in [0.2, 0.25) is 6.79 Å². The van der Waals surface area contributed by atoms with Gasteiger partial charge in [-0.25, -0.2) is 0 Å². The Balaban J connectivity index is 1.44. The summed E-state index contributed by atoms with van der Waals surface area (Å²) in [6.07, 6.45) is -3.93. The molecule has 0 saturated carbocycles. The van der Waals surface area contributed by atoms with Gasteiger partial charge in [-0.15, -0.1) is 0 Å². The fourth-order valence-corrected chi connectivity index (χ4v) is 3.47. The van der Waals surface area contributed by atoms with E-state index >= 15 is 0 Å². The topological polar surface area (TPSA) is 76.8 Å². The van der Waals surface area contributed by atoms with E-state index in [1.165, 1.54) is 6.07 Å². The van der Waals surface area contributed by atoms with E-state index in [1.54, 1.807) is 24.3 Å². The second-order valence-corrected chi connectivity index (χ2v) is 7.18. The first-order valence-electron chi connectivity index (χ1n) is 9.36. The lowest BCUT2D eigenvalue weighted by atomic mass is 10.0. The van der Waals surface area contributed by atoms with Crippen molar-refractivity contribution in [3.63, 3.8) is 0 Å². The average Bonchev–Trinajstić information content (AvgIpc) is 3.17. The average molecular weight is 419 g/mol. The standard InChI is InChI=1S/C21H20F3N3O3/c22-21(23,24)14-3-1-2-13(8-14)10-27-7-6-17(25)16(11-27)20(28)26-15-4-5-18-19(9-15)30-12-29-18/h1-5,8-9H,6-7,10-12,25H2,(H,26,28). The van der Waals surface area contributed by atoms with E-state index in [9.17, 15) is 18.0 Å². The molecule has 0 radical (unpaired) electrons. The number of ether oxygens (including phenoxy) is 2. The third-order valence-corrected chi connectivity index (χ3v) is 5.03. The summed E-state index contributed by atoms with van der Waals surface area (Å²) in [5, 5.41) is 2.80. The number of nitrogens with two attached hydrogens (primary N) is 1. The van der Waals surface area contributed by atoms with Crippen LogP contribution in [0.2, 0.25) is 0 Å². The molecule has 0 atom stereocenters. The number of nitrogens with zero attached hydrogens (tertiary/aromatic N) is 1. The summed E-state index contributed by atoms with van der Waals surface area (Å²) < 4.78 is 49.4. The highest BCUT2D eigenvalue weighted by molar-refractivity contribution is 6.04. The fourth-order valence-electron chi connectivity index (χ4n) is 3.47. The summed E-state index contributed by atoms with van der Waals surface area (Å²) in [6.45, 7) is 1.23. The van der Waals surface area contributed by atoms with Crippen molar-refractivity contribution in [2.24, 2.45) is 5.73 Å². The Bertz CT molecular complexity index is 1000. The number of nitrogens with one attached hydrogen (secondary N) is 1. The molecule has 2 aliphatic heterocycles. The van der Waals surface area contributed by atoms with Crippen molar-refractivity contribution in [2.45, 2.75) is 19.1 Å². The third-order valence-electron chi connectivity index (χ3n) is 5.03. The van der Waals surface area contributed by atoms with Crippen LogP contribution in [-0.4, -0.2) is 30.7 Å². The lowest BCUT2D eigenvalue weighted by Crippen LogP contribution is -2.37. The molecule has 1 amide bonds. The number of hydrogen-bond donors (Lipinski definition) is 2. The molecule has 0 saturated heterocycles. The molecular formula is C21H20F3N3O3. The van der Waals surface area contributed by atoms with Crippen LogP contribution in [-0.2, 0) is 17.5 Å². The van der Waals surface area contributed by atoms with Crippen LogP contribution < -0.4 is 20.5 Å². The minimum atomic E-state index is -4.39. The van der Waals surface area contributed by atoms with Gasteiger partial charge in [-0.1, -0.05) is 18.2 Å². The van der Waals surface area contributed by atoms with Gasteiger partial charge in [0, 0.05) is 43.5 Å². The zero-order valence-electron chi connectivity index (χ0n) is 16.0. The summed E-state index contributed by atoms with van der Waals surface area (Å²) >= 11 is 0. The molecular weight excluding hydrogens is 399 g/mol. The first-order valence-corrected chi connectivity index (χ1v) is 9.36. The quantitative estimate of drug-likeness (QED) is 0.794. The van der Waals surface area contributed by atoms with Crippen molar-refractivity contribution in [1.82, 2.24) is 4.90 Å². The molecule has 4 rings (SSSR count). The van der Waals surface area contributed by atoms with Gasteiger partial charge in [0.05, 0.1) is 11.1 Å². The summed E-state index contributed by atoms with van der Waals surface area (Å²) in [5.41, 5.74) is 7.33. The first-order chi connectivity index (χ1) is 14.3. The number of benzene rings is 2. The smallest absolute Gasteiger partial charge is 0.416 e. The molecule has 2 aromatic rings. The zero-order valence-corrected chi connectivity index (χ0v) is 16.0. The maximum absolute atomic E-state index is 12.9. The summed E-state index contributed by atoms with van der Waals surface area (Å²) in [5.74, 6) is 0.807. The Morgan fingerprint density at radius 1 is 1.13 bits per heavy atom. The van der Waals surface area contributed by atoms with Gasteiger partial charge in [-0.2, -0.15) is 13.2 Å². The van der Waals surface area contributed by atoms with Gasteiger partial charge < -0.3 is 20.5 Å². The Morgan fingerprint density at radius 3 is 2.73 bits per heavy atom. The molecule has 0 aliphatic carbocycles. The van der Waals surface area contributed by atoms with Crippen LogP contribution >= 0.6 is 0 Å². The molecule has 0 aromatic heterocycles. The monoisotopic (exact) mass is 419 g/mol. The number of anilines is 1. The number of alkyl halides is 3. The molecule has 2 aromatic carbocycles. The van der Waals surface area contributed by atoms with Crippen molar-refractivity contribution in [2.75, 3.05) is 25.2 Å². The van der Waals surface area contributed by atoms with Gasteiger partial charge in [-0.3, -0.25) is 9.69 Å². The van der Waals surface area contributed by atoms with Gasteiger partial charge in [0.15, 0.2) is 11.5 Å². The van der Waals surface area contributed by atoms with Crippen LogP contribution in [0.15, 0.2) is 53.7 Å². The molecule has 0 spiro atoms. The summed E-state index contributed by atoms with van der Waals surface area (Å²) in [6, 6.07) is 10.3. The minimum absolute atomic E-state index is 0.134. The molecule has 3 N–H and O–H groups in total. The largest absolute Gasteiger partial charge is 0.454 e. The number of carbonyl (C=O) groups is 1. The van der Waals surface area contributed by atoms with Gasteiger partial charge >= 0.3 is 6.18 Å². The number of hydrogen-bond acceptors (Lipinski definition) is 5. The van der Waals surface area contributed by atoms with Gasteiger partial charge in [0.1, 0.15) is 0 Å². The van der Waals surface area contributed by atoms with E-state index in [4.69, 9.17) is 15.2 Å². The van der Waals surface area contributed by atoms with Crippen LogP contribution in [0.5, 0.6) is 11.5 Å². The third kappa shape index (κ3) is 4.35. The van der Waals surface area contributed by atoms with E-state index < -0.39 is 11.7 Å². The second kappa shape index (κ2) is 7.91. The lowest BCUT2D eigenvalue weighted by Gasteiger charge is -2.29. The normalized spacial score (nSPS) is 16.6. The van der Waals surface area contributed by atoms with E-state index in [-0.39, 0.29) is 25.8 Å². The predicted molar refractivity (Wildman–Crippen MR) is 104 cm³/mol. The molecule has 30 heavy (non-hydrogen) atoms. The van der Waals surface area contributed by atoms with Gasteiger partial charge in [-0.05, 0) is 23.8 Å². The van der Waals surface area contributed by atoms with Crippen LogP contribution in [0.4, 0.5) is 18.9 Å². The first kappa shape index (κ1) is 20.1. The van der Waals surface area contributed by atoms with Gasteiger partial charge in [0.25, 0.3) is 5.91 Å². The maximum atomic E-state index is 12.9. The number of halogens is 3. The Hall–Kier alpha value is -3.20. The number of fused-ring (bicyclic) bond motifs is 1. The summed E-state index contributed by atoms with van der Waals surface area (Å²) in [4.78, 5) is 14.7. The molecule has 2 heterocycles. The molecule has 0 fully saturated rings. The maximum Gasteiger partial charge on any atom is 0.416 e. The molecule has 2 aliphatic rings. The zero-order chi connectivity index (χ0) is 21.3. The van der Waals surface area contributed by atoms with E-state index in [0.717, 1.165) is 12.1 Å². The highest BCUT2D eigenvalue weighted by atomic mass is 19.4. The van der Waals surface area contributed by atoms with Crippen molar-refractivity contribution >= 4 is 11.6 Å². The van der Waals surface area contributed by atoms with E-state index in [2.05, 4.69) is 5.32 Å². The van der Waals surface area contributed by atoms with Crippen molar-refractivity contribution in [3.05, 3.63) is 64.9 Å². The Morgan fingerprint density at radius 2 is 1.93 bits per heavy atom. The minimum Gasteiger partial charge on any atom is -0.454 e. The van der Waals surface area contributed by atoms with Crippen molar-refractivity contribution < 1.29 is 27.4 Å². The Kier molecular flexibility index (Phi) is 5.29. The fraction of sp³-hybridized carbons (Fsp3) is 0.286. The highest BCUT2D eigenvalue weighted by Crippen LogP contribution is 2.34.